The first kappa shape index (κ1) is 25.3. The van der Waals surface area contributed by atoms with Crippen LogP contribution in [0.3, 0.4) is 0 Å². The third-order valence-corrected chi connectivity index (χ3v) is 7.02. The van der Waals surface area contributed by atoms with E-state index in [0.717, 1.165) is 33.6 Å². The fourth-order valence-corrected chi connectivity index (χ4v) is 5.05. The largest absolute Gasteiger partial charge is 0.358 e. The SMILES string of the molecule is C=C(Cc1ccccc1)Nc1cncc(-c2cc(F)c3n[nH]c(-c4nc5c(-c6ccc(F)cc6)nccc5[nH]4)c3c2)c1. The molecule has 0 aliphatic rings. The van der Waals surface area contributed by atoms with Crippen molar-refractivity contribution in [1.82, 2.24) is 30.1 Å². The maximum Gasteiger partial charge on any atom is 0.157 e. The number of imidazole rings is 1. The molecule has 42 heavy (non-hydrogen) atoms. The van der Waals surface area contributed by atoms with Crippen molar-refractivity contribution in [2.45, 2.75) is 6.42 Å². The Balaban J connectivity index is 1.24. The molecule has 0 saturated carbocycles. The van der Waals surface area contributed by atoms with Gasteiger partial charge in [0.1, 0.15) is 22.5 Å². The molecule has 0 radical (unpaired) electrons. The first-order valence-corrected chi connectivity index (χ1v) is 13.2. The zero-order chi connectivity index (χ0) is 28.6. The van der Waals surface area contributed by atoms with E-state index >= 15 is 4.39 Å². The van der Waals surface area contributed by atoms with Gasteiger partial charge in [-0.05, 0) is 59.7 Å². The molecule has 0 spiro atoms. The number of pyridine rings is 2. The quantitative estimate of drug-likeness (QED) is 0.188. The van der Waals surface area contributed by atoms with Crippen molar-refractivity contribution in [3.05, 3.63) is 127 Å². The van der Waals surface area contributed by atoms with Crippen LogP contribution < -0.4 is 5.32 Å². The van der Waals surface area contributed by atoms with E-state index in [9.17, 15) is 4.39 Å². The molecule has 7 rings (SSSR count). The number of hydrogen-bond donors (Lipinski definition) is 3. The zero-order valence-corrected chi connectivity index (χ0v) is 22.2. The summed E-state index contributed by atoms with van der Waals surface area (Å²) in [5.74, 6) is -0.322. The van der Waals surface area contributed by atoms with E-state index in [1.165, 1.54) is 18.2 Å². The molecule has 0 aliphatic heterocycles. The molecule has 0 aliphatic carbocycles. The van der Waals surface area contributed by atoms with Crippen LogP contribution >= 0.6 is 0 Å². The Morgan fingerprint density at radius 2 is 1.69 bits per heavy atom. The normalized spacial score (nSPS) is 11.3. The topological polar surface area (TPSA) is 95.2 Å². The third kappa shape index (κ3) is 4.77. The molecule has 9 heteroatoms. The monoisotopic (exact) mass is 555 g/mol. The number of halogens is 2. The smallest absolute Gasteiger partial charge is 0.157 e. The number of nitrogens with zero attached hydrogens (tertiary/aromatic N) is 4. The van der Waals surface area contributed by atoms with Crippen molar-refractivity contribution in [2.75, 3.05) is 5.32 Å². The maximum absolute atomic E-state index is 15.3. The Bertz CT molecular complexity index is 2080. The highest BCUT2D eigenvalue weighted by molar-refractivity contribution is 5.98. The summed E-state index contributed by atoms with van der Waals surface area (Å²) < 4.78 is 28.8. The molecule has 0 atom stereocenters. The first-order valence-electron chi connectivity index (χ1n) is 13.2. The number of allylic oxidation sites excluding steroid dienone is 1. The molecule has 0 fully saturated rings. The number of nitrogens with one attached hydrogen (secondary N) is 3. The van der Waals surface area contributed by atoms with Crippen molar-refractivity contribution < 1.29 is 8.78 Å². The Morgan fingerprint density at radius 3 is 2.52 bits per heavy atom. The van der Waals surface area contributed by atoms with Crippen LogP contribution in [-0.4, -0.2) is 30.1 Å². The average molecular weight is 556 g/mol. The molecule has 204 valence electrons. The van der Waals surface area contributed by atoms with E-state index in [2.05, 4.69) is 37.0 Å². The Hall–Kier alpha value is -5.70. The lowest BCUT2D eigenvalue weighted by Crippen LogP contribution is -2.02. The molecule has 0 saturated heterocycles. The molecule has 0 unspecified atom stereocenters. The van der Waals surface area contributed by atoms with Crippen molar-refractivity contribution in [3.63, 3.8) is 0 Å². The molecule has 3 aromatic carbocycles. The van der Waals surface area contributed by atoms with E-state index < -0.39 is 5.82 Å². The summed E-state index contributed by atoms with van der Waals surface area (Å²) in [6.45, 7) is 4.15. The summed E-state index contributed by atoms with van der Waals surface area (Å²) in [6.07, 6.45) is 5.72. The summed E-state index contributed by atoms with van der Waals surface area (Å²) in [7, 11) is 0. The van der Waals surface area contributed by atoms with Gasteiger partial charge in [-0.2, -0.15) is 5.10 Å². The van der Waals surface area contributed by atoms with E-state index in [1.54, 1.807) is 36.8 Å². The lowest BCUT2D eigenvalue weighted by Gasteiger charge is -2.11. The minimum atomic E-state index is -0.471. The van der Waals surface area contributed by atoms with Gasteiger partial charge < -0.3 is 10.3 Å². The highest BCUT2D eigenvalue weighted by Gasteiger charge is 2.18. The van der Waals surface area contributed by atoms with Gasteiger partial charge in [0.2, 0.25) is 0 Å². The second kappa shape index (κ2) is 10.4. The number of aromatic nitrogens is 6. The Kier molecular flexibility index (Phi) is 6.24. The number of rotatable bonds is 7. The Morgan fingerprint density at radius 1 is 0.857 bits per heavy atom. The molecule has 0 amide bonds. The van der Waals surface area contributed by atoms with Crippen LogP contribution in [0.15, 0.2) is 110 Å². The van der Waals surface area contributed by atoms with Crippen molar-refractivity contribution in [2.24, 2.45) is 0 Å². The van der Waals surface area contributed by atoms with Gasteiger partial charge in [0.05, 0.1) is 23.1 Å². The van der Waals surface area contributed by atoms with Crippen LogP contribution in [0, 0.1) is 11.6 Å². The lowest BCUT2D eigenvalue weighted by atomic mass is 10.0. The van der Waals surface area contributed by atoms with Crippen LogP contribution in [-0.2, 0) is 6.42 Å². The van der Waals surface area contributed by atoms with E-state index in [4.69, 9.17) is 4.98 Å². The zero-order valence-electron chi connectivity index (χ0n) is 22.2. The van der Waals surface area contributed by atoms with Crippen LogP contribution in [0.25, 0.3) is 55.8 Å². The minimum absolute atomic E-state index is 0.199. The summed E-state index contributed by atoms with van der Waals surface area (Å²) >= 11 is 0. The molecular formula is C33H23F2N7. The predicted molar refractivity (Wildman–Crippen MR) is 160 cm³/mol. The summed E-state index contributed by atoms with van der Waals surface area (Å²) in [4.78, 5) is 16.9. The number of H-pyrrole nitrogens is 2. The predicted octanol–water partition coefficient (Wildman–Crippen LogP) is 7.68. The van der Waals surface area contributed by atoms with Gasteiger partial charge in [0.15, 0.2) is 11.6 Å². The minimum Gasteiger partial charge on any atom is -0.358 e. The van der Waals surface area contributed by atoms with Crippen molar-refractivity contribution >= 4 is 27.6 Å². The van der Waals surface area contributed by atoms with Gasteiger partial charge in [0.25, 0.3) is 0 Å². The van der Waals surface area contributed by atoms with Crippen LogP contribution in [0.1, 0.15) is 5.56 Å². The number of fused-ring (bicyclic) bond motifs is 2. The van der Waals surface area contributed by atoms with Gasteiger partial charge in [0, 0.05) is 41.0 Å². The fourth-order valence-electron chi connectivity index (χ4n) is 5.05. The molecule has 7 nitrogen and oxygen atoms in total. The van der Waals surface area contributed by atoms with Crippen LogP contribution in [0.2, 0.25) is 0 Å². The van der Waals surface area contributed by atoms with E-state index in [1.807, 2.05) is 42.5 Å². The molecule has 4 heterocycles. The Labute approximate surface area is 239 Å². The van der Waals surface area contributed by atoms with Gasteiger partial charge in [-0.3, -0.25) is 15.1 Å². The van der Waals surface area contributed by atoms with E-state index in [0.29, 0.717) is 40.1 Å². The lowest BCUT2D eigenvalue weighted by molar-refractivity contribution is 0.628. The second-order valence-electron chi connectivity index (χ2n) is 9.95. The highest BCUT2D eigenvalue weighted by atomic mass is 19.1. The second-order valence-corrected chi connectivity index (χ2v) is 9.95. The molecule has 0 bridgehead atoms. The van der Waals surface area contributed by atoms with Crippen molar-refractivity contribution in [3.8, 4) is 33.9 Å². The average Bonchev–Trinajstić information content (AvgIpc) is 3.63. The van der Waals surface area contributed by atoms with Gasteiger partial charge in [-0.25, -0.2) is 13.8 Å². The molecule has 7 aromatic rings. The third-order valence-electron chi connectivity index (χ3n) is 7.02. The number of hydrogen-bond acceptors (Lipinski definition) is 5. The molecular weight excluding hydrogens is 532 g/mol. The van der Waals surface area contributed by atoms with E-state index in [-0.39, 0.29) is 11.3 Å². The number of anilines is 1. The summed E-state index contributed by atoms with van der Waals surface area (Å²) in [5.41, 5.74) is 7.49. The molecule has 4 aromatic heterocycles. The highest BCUT2D eigenvalue weighted by Crippen LogP contribution is 2.34. The van der Waals surface area contributed by atoms with Crippen LogP contribution in [0.5, 0.6) is 0 Å². The van der Waals surface area contributed by atoms with Gasteiger partial charge >= 0.3 is 0 Å². The number of benzene rings is 3. The maximum atomic E-state index is 15.3. The first-order chi connectivity index (χ1) is 20.5. The number of aromatic amines is 2. The van der Waals surface area contributed by atoms with Crippen molar-refractivity contribution in [1.29, 1.82) is 0 Å². The standard InChI is InChI=1S/C33H23F2N7/c1-19(13-20-5-3-2-4-6-20)38-25-14-23(17-36-18-25)22-15-26-30(27(35)16-22)41-42-31(26)33-39-28-11-12-37-29(32(28)40-33)21-7-9-24(34)10-8-21/h2-12,14-18,38H,1,13H2,(H,39,40)(H,41,42). The fraction of sp³-hybridized carbons (Fsp3) is 0.0303. The van der Waals surface area contributed by atoms with Gasteiger partial charge in [-0.15, -0.1) is 0 Å². The molecule has 3 N–H and O–H groups in total. The van der Waals surface area contributed by atoms with Crippen LogP contribution in [0.4, 0.5) is 14.5 Å². The summed E-state index contributed by atoms with van der Waals surface area (Å²) in [6, 6.07) is 23.2. The van der Waals surface area contributed by atoms with Gasteiger partial charge in [-0.1, -0.05) is 36.9 Å². The summed E-state index contributed by atoms with van der Waals surface area (Å²) in [5, 5.41) is 11.0.